The molecule has 0 spiro atoms. The standard InChI is InChI=1S/C17H20N2O/c1-12-8-9-13(2)14(10-12)11-17(20)19(3)16-7-5-4-6-15(16)18/h4-10H,11,18H2,1-3H3. The smallest absolute Gasteiger partial charge is 0.231 e. The summed E-state index contributed by atoms with van der Waals surface area (Å²) in [5.41, 5.74) is 10.7. The van der Waals surface area contributed by atoms with E-state index in [-0.39, 0.29) is 5.91 Å². The van der Waals surface area contributed by atoms with Crippen molar-refractivity contribution in [3.63, 3.8) is 0 Å². The van der Waals surface area contributed by atoms with E-state index >= 15 is 0 Å². The number of nitrogens with two attached hydrogens (primary N) is 1. The highest BCUT2D eigenvalue weighted by molar-refractivity contribution is 5.97. The topological polar surface area (TPSA) is 46.3 Å². The molecular formula is C17H20N2O. The molecule has 2 N–H and O–H groups in total. The van der Waals surface area contributed by atoms with E-state index in [4.69, 9.17) is 5.73 Å². The van der Waals surface area contributed by atoms with Gasteiger partial charge in [-0.1, -0.05) is 35.9 Å². The van der Waals surface area contributed by atoms with Gasteiger partial charge in [-0.2, -0.15) is 0 Å². The number of para-hydroxylation sites is 2. The minimum absolute atomic E-state index is 0.0385. The molecule has 2 rings (SSSR count). The first kappa shape index (κ1) is 14.1. The van der Waals surface area contributed by atoms with Crippen LogP contribution in [0.25, 0.3) is 0 Å². The van der Waals surface area contributed by atoms with Crippen LogP contribution in [0.4, 0.5) is 11.4 Å². The molecule has 20 heavy (non-hydrogen) atoms. The number of amides is 1. The van der Waals surface area contributed by atoms with Gasteiger partial charge in [0.2, 0.25) is 5.91 Å². The number of rotatable bonds is 3. The normalized spacial score (nSPS) is 10.3. The van der Waals surface area contributed by atoms with Gasteiger partial charge in [0.05, 0.1) is 17.8 Å². The molecule has 0 aliphatic heterocycles. The van der Waals surface area contributed by atoms with Gasteiger partial charge >= 0.3 is 0 Å². The van der Waals surface area contributed by atoms with Gasteiger partial charge in [-0.3, -0.25) is 4.79 Å². The van der Waals surface area contributed by atoms with Crippen molar-refractivity contribution < 1.29 is 4.79 Å². The Bertz CT molecular complexity index is 635. The third-order valence-corrected chi connectivity index (χ3v) is 3.52. The number of aryl methyl sites for hydroxylation is 2. The van der Waals surface area contributed by atoms with Crippen molar-refractivity contribution in [1.82, 2.24) is 0 Å². The van der Waals surface area contributed by atoms with E-state index in [1.807, 2.05) is 32.0 Å². The van der Waals surface area contributed by atoms with Crippen molar-refractivity contribution in [3.05, 3.63) is 59.2 Å². The molecule has 104 valence electrons. The van der Waals surface area contributed by atoms with Gasteiger partial charge in [-0.15, -0.1) is 0 Å². The van der Waals surface area contributed by atoms with E-state index in [9.17, 15) is 4.79 Å². The molecule has 1 amide bonds. The summed E-state index contributed by atoms with van der Waals surface area (Å²) < 4.78 is 0. The van der Waals surface area contributed by atoms with Gasteiger partial charge in [-0.25, -0.2) is 0 Å². The second-order valence-corrected chi connectivity index (χ2v) is 5.12. The lowest BCUT2D eigenvalue weighted by Gasteiger charge is -2.19. The molecule has 0 bridgehead atoms. The fraction of sp³-hybridized carbons (Fsp3) is 0.235. The molecule has 0 saturated carbocycles. The maximum atomic E-state index is 12.4. The molecule has 0 aliphatic rings. The molecule has 0 aromatic heterocycles. The molecule has 0 radical (unpaired) electrons. The SMILES string of the molecule is Cc1ccc(C)c(CC(=O)N(C)c2ccccc2N)c1. The largest absolute Gasteiger partial charge is 0.397 e. The lowest BCUT2D eigenvalue weighted by atomic mass is 10.0. The number of carbonyl (C=O) groups is 1. The number of hydrogen-bond donors (Lipinski definition) is 1. The molecule has 0 unspecified atom stereocenters. The highest BCUT2D eigenvalue weighted by Crippen LogP contribution is 2.22. The van der Waals surface area contributed by atoms with E-state index < -0.39 is 0 Å². The van der Waals surface area contributed by atoms with Crippen LogP contribution in [0.1, 0.15) is 16.7 Å². The fourth-order valence-corrected chi connectivity index (χ4v) is 2.20. The van der Waals surface area contributed by atoms with E-state index in [1.165, 1.54) is 5.56 Å². The van der Waals surface area contributed by atoms with Crippen LogP contribution in [0.3, 0.4) is 0 Å². The Labute approximate surface area is 120 Å². The monoisotopic (exact) mass is 268 g/mol. The molecule has 3 nitrogen and oxygen atoms in total. The van der Waals surface area contributed by atoms with Crippen molar-refractivity contribution in [3.8, 4) is 0 Å². The van der Waals surface area contributed by atoms with Gasteiger partial charge < -0.3 is 10.6 Å². The molecule has 0 aliphatic carbocycles. The lowest BCUT2D eigenvalue weighted by molar-refractivity contribution is -0.117. The van der Waals surface area contributed by atoms with E-state index in [2.05, 4.69) is 18.2 Å². The van der Waals surface area contributed by atoms with Crippen molar-refractivity contribution in [2.75, 3.05) is 17.7 Å². The Balaban J connectivity index is 2.20. The first-order chi connectivity index (χ1) is 9.49. The Hall–Kier alpha value is -2.29. The molecule has 0 saturated heterocycles. The van der Waals surface area contributed by atoms with Crippen LogP contribution >= 0.6 is 0 Å². The first-order valence-corrected chi connectivity index (χ1v) is 6.66. The Morgan fingerprint density at radius 2 is 1.85 bits per heavy atom. The van der Waals surface area contributed by atoms with Crippen LogP contribution < -0.4 is 10.6 Å². The Kier molecular flexibility index (Phi) is 4.08. The summed E-state index contributed by atoms with van der Waals surface area (Å²) >= 11 is 0. The highest BCUT2D eigenvalue weighted by Gasteiger charge is 2.14. The summed E-state index contributed by atoms with van der Waals surface area (Å²) in [7, 11) is 1.76. The lowest BCUT2D eigenvalue weighted by Crippen LogP contribution is -2.28. The van der Waals surface area contributed by atoms with Gasteiger partial charge in [0.25, 0.3) is 0 Å². The molecule has 0 fully saturated rings. The number of hydrogen-bond acceptors (Lipinski definition) is 2. The summed E-state index contributed by atoms with van der Waals surface area (Å²) in [6.45, 7) is 4.06. The summed E-state index contributed by atoms with van der Waals surface area (Å²) in [6.07, 6.45) is 0.387. The number of nitrogen functional groups attached to an aromatic ring is 1. The maximum Gasteiger partial charge on any atom is 0.231 e. The molecule has 0 atom stereocenters. The van der Waals surface area contributed by atoms with Crippen molar-refractivity contribution in [2.45, 2.75) is 20.3 Å². The van der Waals surface area contributed by atoms with Crippen LogP contribution in [0, 0.1) is 13.8 Å². The second-order valence-electron chi connectivity index (χ2n) is 5.12. The van der Waals surface area contributed by atoms with E-state index in [0.717, 1.165) is 16.8 Å². The molecule has 2 aromatic carbocycles. The van der Waals surface area contributed by atoms with Crippen LogP contribution in [0.2, 0.25) is 0 Å². The Morgan fingerprint density at radius 1 is 1.15 bits per heavy atom. The maximum absolute atomic E-state index is 12.4. The second kappa shape index (κ2) is 5.78. The van der Waals surface area contributed by atoms with Crippen molar-refractivity contribution in [1.29, 1.82) is 0 Å². The third-order valence-electron chi connectivity index (χ3n) is 3.52. The van der Waals surface area contributed by atoms with Gasteiger partial charge in [0.1, 0.15) is 0 Å². The predicted molar refractivity (Wildman–Crippen MR) is 83.9 cm³/mol. The first-order valence-electron chi connectivity index (χ1n) is 6.66. The molecule has 2 aromatic rings. The average Bonchev–Trinajstić information content (AvgIpc) is 2.42. The summed E-state index contributed by atoms with van der Waals surface area (Å²) in [4.78, 5) is 14.0. The number of likely N-dealkylation sites (N-methyl/N-ethyl adjacent to an activating group) is 1. The molecular weight excluding hydrogens is 248 g/mol. The van der Waals surface area contributed by atoms with Crippen LogP contribution in [-0.4, -0.2) is 13.0 Å². The average molecular weight is 268 g/mol. The van der Waals surface area contributed by atoms with Crippen LogP contribution in [-0.2, 0) is 11.2 Å². The number of benzene rings is 2. The van der Waals surface area contributed by atoms with Crippen molar-refractivity contribution in [2.24, 2.45) is 0 Å². The van der Waals surface area contributed by atoms with Gasteiger partial charge in [-0.05, 0) is 37.1 Å². The van der Waals surface area contributed by atoms with Gasteiger partial charge in [0.15, 0.2) is 0 Å². The summed E-state index contributed by atoms with van der Waals surface area (Å²) in [6, 6.07) is 13.6. The Morgan fingerprint density at radius 3 is 2.55 bits per heavy atom. The van der Waals surface area contributed by atoms with E-state index in [1.54, 1.807) is 18.0 Å². The van der Waals surface area contributed by atoms with Crippen LogP contribution in [0.15, 0.2) is 42.5 Å². The zero-order chi connectivity index (χ0) is 14.7. The summed E-state index contributed by atoms with van der Waals surface area (Å²) in [5.74, 6) is 0.0385. The zero-order valence-electron chi connectivity index (χ0n) is 12.2. The third kappa shape index (κ3) is 2.99. The van der Waals surface area contributed by atoms with Crippen LogP contribution in [0.5, 0.6) is 0 Å². The predicted octanol–water partition coefficient (Wildman–Crippen LogP) is 3.09. The molecule has 0 heterocycles. The zero-order valence-corrected chi connectivity index (χ0v) is 12.2. The minimum atomic E-state index is 0.0385. The fourth-order valence-electron chi connectivity index (χ4n) is 2.20. The summed E-state index contributed by atoms with van der Waals surface area (Å²) in [5, 5.41) is 0. The number of anilines is 2. The van der Waals surface area contributed by atoms with E-state index in [0.29, 0.717) is 12.1 Å². The van der Waals surface area contributed by atoms with Crippen molar-refractivity contribution >= 4 is 17.3 Å². The number of carbonyl (C=O) groups excluding carboxylic acids is 1. The van der Waals surface area contributed by atoms with Gasteiger partial charge in [0, 0.05) is 7.05 Å². The number of nitrogens with zero attached hydrogens (tertiary/aromatic N) is 1. The quantitative estimate of drug-likeness (QED) is 0.869. The minimum Gasteiger partial charge on any atom is -0.397 e. The highest BCUT2D eigenvalue weighted by atomic mass is 16.2. The molecule has 3 heteroatoms.